The van der Waals surface area contributed by atoms with Gasteiger partial charge >= 0.3 is 18.1 Å². The van der Waals surface area contributed by atoms with Crippen molar-refractivity contribution in [2.24, 2.45) is 0 Å². The highest BCUT2D eigenvalue weighted by Crippen LogP contribution is 2.52. The Labute approximate surface area is 113 Å². The van der Waals surface area contributed by atoms with Crippen LogP contribution in [0.5, 0.6) is 0 Å². The maximum atomic E-state index is 12.8. The first-order valence-corrected chi connectivity index (χ1v) is 6.58. The van der Waals surface area contributed by atoms with Crippen LogP contribution in [0.2, 0.25) is 0 Å². The second-order valence-electron chi connectivity index (χ2n) is 4.83. The SMILES string of the molecule is CCCCC[C@@H]1OC(C(F)(F)F)(C(F)(F)F)O[C@H]1CC. The molecule has 1 rings (SSSR count). The van der Waals surface area contributed by atoms with E-state index in [0.717, 1.165) is 12.8 Å². The number of halogens is 6. The van der Waals surface area contributed by atoms with Gasteiger partial charge in [0.1, 0.15) is 0 Å². The summed E-state index contributed by atoms with van der Waals surface area (Å²) in [7, 11) is 0. The molecule has 0 aliphatic carbocycles. The molecule has 120 valence electrons. The normalized spacial score (nSPS) is 27.0. The lowest BCUT2D eigenvalue weighted by Gasteiger charge is -2.31. The van der Waals surface area contributed by atoms with Crippen LogP contribution < -0.4 is 0 Å². The van der Waals surface area contributed by atoms with Crippen molar-refractivity contribution >= 4 is 0 Å². The Kier molecular flexibility index (Phi) is 5.34. The van der Waals surface area contributed by atoms with Gasteiger partial charge in [0.15, 0.2) is 0 Å². The van der Waals surface area contributed by atoms with Crippen molar-refractivity contribution in [3.63, 3.8) is 0 Å². The Morgan fingerprint density at radius 1 is 0.850 bits per heavy atom. The minimum Gasteiger partial charge on any atom is -0.329 e. The molecule has 2 nitrogen and oxygen atoms in total. The molecular formula is C12H18F6O2. The lowest BCUT2D eigenvalue weighted by molar-refractivity contribution is -0.446. The monoisotopic (exact) mass is 308 g/mol. The molecule has 0 bridgehead atoms. The van der Waals surface area contributed by atoms with Gasteiger partial charge in [0.2, 0.25) is 0 Å². The Morgan fingerprint density at radius 3 is 1.75 bits per heavy atom. The first-order valence-electron chi connectivity index (χ1n) is 6.58. The van der Waals surface area contributed by atoms with Gasteiger partial charge in [-0.05, 0) is 12.8 Å². The number of hydrogen-bond acceptors (Lipinski definition) is 2. The second-order valence-corrected chi connectivity index (χ2v) is 4.83. The Hall–Kier alpha value is -0.500. The second kappa shape index (κ2) is 6.09. The summed E-state index contributed by atoms with van der Waals surface area (Å²) in [6, 6.07) is 0. The standard InChI is InChI=1S/C12H18F6O2/c1-3-5-6-7-9-8(4-2)19-10(20-9,11(13,14)15)12(16,17)18/h8-9H,3-7H2,1-2H3/t8-,9-/m0/s1. The number of hydrogen-bond donors (Lipinski definition) is 0. The van der Waals surface area contributed by atoms with Crippen molar-refractivity contribution in [1.82, 2.24) is 0 Å². The summed E-state index contributed by atoms with van der Waals surface area (Å²) in [5, 5.41) is 0. The van der Waals surface area contributed by atoms with Gasteiger partial charge < -0.3 is 9.47 Å². The van der Waals surface area contributed by atoms with Crippen LogP contribution in [0.3, 0.4) is 0 Å². The zero-order chi connectivity index (χ0) is 15.6. The van der Waals surface area contributed by atoms with E-state index in [0.29, 0.717) is 6.42 Å². The van der Waals surface area contributed by atoms with Crippen molar-refractivity contribution in [2.75, 3.05) is 0 Å². The first kappa shape index (κ1) is 17.6. The van der Waals surface area contributed by atoms with Gasteiger partial charge in [-0.2, -0.15) is 26.3 Å². The van der Waals surface area contributed by atoms with Crippen LogP contribution in [-0.4, -0.2) is 30.3 Å². The van der Waals surface area contributed by atoms with Gasteiger partial charge in [0.05, 0.1) is 12.2 Å². The molecule has 0 aromatic carbocycles. The number of rotatable bonds is 5. The van der Waals surface area contributed by atoms with Crippen LogP contribution in [0.4, 0.5) is 26.3 Å². The topological polar surface area (TPSA) is 18.5 Å². The Bertz CT molecular complexity index is 298. The number of ether oxygens (including phenoxy) is 2. The molecule has 0 aromatic rings. The van der Waals surface area contributed by atoms with Gasteiger partial charge in [0.25, 0.3) is 0 Å². The van der Waals surface area contributed by atoms with Crippen LogP contribution in [-0.2, 0) is 9.47 Å². The van der Waals surface area contributed by atoms with E-state index in [4.69, 9.17) is 0 Å². The van der Waals surface area contributed by atoms with Crippen molar-refractivity contribution in [2.45, 2.75) is 76.3 Å². The van der Waals surface area contributed by atoms with Crippen LogP contribution in [0.15, 0.2) is 0 Å². The fourth-order valence-electron chi connectivity index (χ4n) is 2.22. The molecular weight excluding hydrogens is 290 g/mol. The van der Waals surface area contributed by atoms with E-state index in [2.05, 4.69) is 9.47 Å². The highest BCUT2D eigenvalue weighted by molar-refractivity contribution is 4.95. The molecule has 2 atom stereocenters. The quantitative estimate of drug-likeness (QED) is 0.546. The molecule has 20 heavy (non-hydrogen) atoms. The van der Waals surface area contributed by atoms with Crippen LogP contribution >= 0.6 is 0 Å². The molecule has 1 aliphatic heterocycles. The predicted octanol–water partition coefficient (Wildman–Crippen LogP) is 4.58. The highest BCUT2D eigenvalue weighted by Gasteiger charge is 2.78. The summed E-state index contributed by atoms with van der Waals surface area (Å²) in [5.41, 5.74) is 0. The molecule has 0 unspecified atom stereocenters. The van der Waals surface area contributed by atoms with E-state index in [1.165, 1.54) is 6.92 Å². The minimum atomic E-state index is -5.65. The zero-order valence-electron chi connectivity index (χ0n) is 11.3. The van der Waals surface area contributed by atoms with Crippen LogP contribution in [0.25, 0.3) is 0 Å². The van der Waals surface area contributed by atoms with Crippen molar-refractivity contribution in [1.29, 1.82) is 0 Å². The van der Waals surface area contributed by atoms with Gasteiger partial charge in [0, 0.05) is 0 Å². The average molecular weight is 308 g/mol. The van der Waals surface area contributed by atoms with Crippen molar-refractivity contribution < 1.29 is 35.8 Å². The molecule has 0 spiro atoms. The highest BCUT2D eigenvalue weighted by atomic mass is 19.4. The largest absolute Gasteiger partial charge is 0.453 e. The summed E-state index contributed by atoms with van der Waals surface area (Å²) >= 11 is 0. The molecule has 0 saturated carbocycles. The molecule has 0 amide bonds. The third-order valence-electron chi connectivity index (χ3n) is 3.29. The van der Waals surface area contributed by atoms with Crippen LogP contribution in [0.1, 0.15) is 46.0 Å². The van der Waals surface area contributed by atoms with Crippen LogP contribution in [0, 0.1) is 0 Å². The van der Waals surface area contributed by atoms with E-state index in [9.17, 15) is 26.3 Å². The molecule has 1 aliphatic rings. The Morgan fingerprint density at radius 2 is 1.35 bits per heavy atom. The van der Waals surface area contributed by atoms with Crippen molar-refractivity contribution in [3.8, 4) is 0 Å². The fraction of sp³-hybridized carbons (Fsp3) is 1.00. The first-order chi connectivity index (χ1) is 9.09. The smallest absolute Gasteiger partial charge is 0.329 e. The lowest BCUT2D eigenvalue weighted by Crippen LogP contribution is -2.58. The summed E-state index contributed by atoms with van der Waals surface area (Å²) in [5.74, 6) is -4.49. The Balaban J connectivity index is 2.95. The average Bonchev–Trinajstić information content (AvgIpc) is 2.68. The molecule has 1 fully saturated rings. The van der Waals surface area contributed by atoms with Crippen molar-refractivity contribution in [3.05, 3.63) is 0 Å². The van der Waals surface area contributed by atoms with E-state index < -0.39 is 30.3 Å². The van der Waals surface area contributed by atoms with Gasteiger partial charge in [-0.25, -0.2) is 0 Å². The van der Waals surface area contributed by atoms with Gasteiger partial charge in [-0.15, -0.1) is 0 Å². The summed E-state index contributed by atoms with van der Waals surface area (Å²) < 4.78 is 85.5. The van der Waals surface area contributed by atoms with Gasteiger partial charge in [-0.3, -0.25) is 0 Å². The maximum Gasteiger partial charge on any atom is 0.453 e. The molecule has 0 N–H and O–H groups in total. The van der Waals surface area contributed by atoms with E-state index in [1.807, 2.05) is 6.92 Å². The molecule has 0 radical (unpaired) electrons. The third-order valence-corrected chi connectivity index (χ3v) is 3.29. The number of alkyl halides is 6. The molecule has 1 heterocycles. The van der Waals surface area contributed by atoms with Gasteiger partial charge in [-0.1, -0.05) is 33.1 Å². The van der Waals surface area contributed by atoms with E-state index >= 15 is 0 Å². The summed E-state index contributed by atoms with van der Waals surface area (Å²) in [6.45, 7) is 3.36. The number of unbranched alkanes of at least 4 members (excludes halogenated alkanes) is 2. The fourth-order valence-corrected chi connectivity index (χ4v) is 2.22. The van der Waals surface area contributed by atoms with E-state index in [-0.39, 0.29) is 12.8 Å². The zero-order valence-corrected chi connectivity index (χ0v) is 11.3. The summed E-state index contributed by atoms with van der Waals surface area (Å²) in [4.78, 5) is 0. The minimum absolute atomic E-state index is 0.0324. The predicted molar refractivity (Wildman–Crippen MR) is 59.0 cm³/mol. The third kappa shape index (κ3) is 3.21. The van der Waals surface area contributed by atoms with E-state index in [1.54, 1.807) is 0 Å². The lowest BCUT2D eigenvalue weighted by atomic mass is 10.0. The summed E-state index contributed by atoms with van der Waals surface area (Å²) in [6.07, 6.45) is -11.5. The molecule has 1 saturated heterocycles. The molecule has 0 aromatic heterocycles. The molecule has 8 heteroatoms. The maximum absolute atomic E-state index is 12.8.